The summed E-state index contributed by atoms with van der Waals surface area (Å²) in [6, 6.07) is 7.81. The standard InChI is InChI=1S/C22H25N5O2/c1-5-17(28)13-26-12-14(2)20-22(26)24-15(3)21(25-20)18-8-7-16(11-19(18)29-4)27-10-6-9-23-27/h6-12,17,28H,5,13H2,1-4H3. The minimum Gasteiger partial charge on any atom is -0.496 e. The predicted molar refractivity (Wildman–Crippen MR) is 112 cm³/mol. The van der Waals surface area contributed by atoms with Crippen LogP contribution in [0, 0.1) is 13.8 Å². The molecule has 1 unspecified atom stereocenters. The number of nitrogens with zero attached hydrogens (tertiary/aromatic N) is 5. The maximum Gasteiger partial charge on any atom is 0.159 e. The molecule has 3 heterocycles. The summed E-state index contributed by atoms with van der Waals surface area (Å²) in [5.41, 5.74) is 6.07. The first kappa shape index (κ1) is 19.1. The molecule has 0 aliphatic heterocycles. The van der Waals surface area contributed by atoms with E-state index >= 15 is 0 Å². The molecular weight excluding hydrogens is 366 g/mol. The van der Waals surface area contributed by atoms with E-state index in [-0.39, 0.29) is 0 Å². The molecule has 1 N–H and O–H groups in total. The van der Waals surface area contributed by atoms with Gasteiger partial charge in [0.15, 0.2) is 5.65 Å². The fraction of sp³-hybridized carbons (Fsp3) is 0.318. The van der Waals surface area contributed by atoms with Gasteiger partial charge in [-0.1, -0.05) is 6.92 Å². The van der Waals surface area contributed by atoms with Gasteiger partial charge in [0.25, 0.3) is 0 Å². The molecule has 3 aromatic heterocycles. The van der Waals surface area contributed by atoms with E-state index in [1.54, 1.807) is 18.0 Å². The largest absolute Gasteiger partial charge is 0.496 e. The molecule has 0 bridgehead atoms. The topological polar surface area (TPSA) is 78.0 Å². The fourth-order valence-electron chi connectivity index (χ4n) is 3.52. The van der Waals surface area contributed by atoms with Crippen molar-refractivity contribution in [3.05, 3.63) is 54.1 Å². The number of benzene rings is 1. The number of hydrogen-bond acceptors (Lipinski definition) is 5. The second-order valence-electron chi connectivity index (χ2n) is 7.19. The molecule has 29 heavy (non-hydrogen) atoms. The summed E-state index contributed by atoms with van der Waals surface area (Å²) in [6.07, 6.45) is 5.94. The van der Waals surface area contributed by atoms with Crippen molar-refractivity contribution in [2.75, 3.05) is 7.11 Å². The number of aryl methyl sites for hydroxylation is 2. The van der Waals surface area contributed by atoms with Crippen molar-refractivity contribution < 1.29 is 9.84 Å². The molecule has 0 aliphatic carbocycles. The summed E-state index contributed by atoms with van der Waals surface area (Å²) in [4.78, 5) is 9.76. The second-order valence-corrected chi connectivity index (χ2v) is 7.19. The number of methoxy groups -OCH3 is 1. The molecule has 7 nitrogen and oxygen atoms in total. The number of rotatable bonds is 6. The van der Waals surface area contributed by atoms with Gasteiger partial charge in [0.05, 0.1) is 36.8 Å². The van der Waals surface area contributed by atoms with E-state index in [1.807, 2.05) is 62.0 Å². The number of aliphatic hydroxyl groups is 1. The van der Waals surface area contributed by atoms with Crippen LogP contribution in [0.1, 0.15) is 24.6 Å². The molecule has 0 spiro atoms. The SMILES string of the molecule is CCC(O)Cn1cc(C)c2nc(-c3ccc(-n4cccn4)cc3OC)c(C)nc21. The lowest BCUT2D eigenvalue weighted by molar-refractivity contribution is 0.151. The Balaban J connectivity index is 1.82. The van der Waals surface area contributed by atoms with Crippen LogP contribution >= 0.6 is 0 Å². The van der Waals surface area contributed by atoms with Crippen molar-refractivity contribution in [1.82, 2.24) is 24.3 Å². The predicted octanol–water partition coefficient (Wildman–Crippen LogP) is 3.68. The zero-order valence-corrected chi connectivity index (χ0v) is 17.1. The smallest absolute Gasteiger partial charge is 0.159 e. The zero-order chi connectivity index (χ0) is 20.5. The van der Waals surface area contributed by atoms with Crippen LogP contribution < -0.4 is 4.74 Å². The van der Waals surface area contributed by atoms with Gasteiger partial charge in [-0.2, -0.15) is 5.10 Å². The third-order valence-electron chi connectivity index (χ3n) is 5.13. The molecule has 150 valence electrons. The Hall–Kier alpha value is -3.19. The van der Waals surface area contributed by atoms with Gasteiger partial charge >= 0.3 is 0 Å². The van der Waals surface area contributed by atoms with E-state index in [1.165, 1.54) is 0 Å². The highest BCUT2D eigenvalue weighted by Crippen LogP contribution is 2.33. The van der Waals surface area contributed by atoms with E-state index in [4.69, 9.17) is 14.7 Å². The molecule has 0 aliphatic rings. The summed E-state index contributed by atoms with van der Waals surface area (Å²) < 4.78 is 9.44. The summed E-state index contributed by atoms with van der Waals surface area (Å²) >= 11 is 0. The fourth-order valence-corrected chi connectivity index (χ4v) is 3.52. The van der Waals surface area contributed by atoms with Crippen molar-refractivity contribution in [2.45, 2.75) is 39.8 Å². The number of ether oxygens (including phenoxy) is 1. The quantitative estimate of drug-likeness (QED) is 0.542. The number of aromatic nitrogens is 5. The van der Waals surface area contributed by atoms with Crippen LogP contribution in [0.15, 0.2) is 42.9 Å². The van der Waals surface area contributed by atoms with E-state index in [0.29, 0.717) is 18.7 Å². The van der Waals surface area contributed by atoms with Crippen molar-refractivity contribution in [2.24, 2.45) is 0 Å². The number of hydrogen-bond donors (Lipinski definition) is 1. The Labute approximate surface area is 169 Å². The maximum atomic E-state index is 10.1. The first-order valence-corrected chi connectivity index (χ1v) is 9.72. The van der Waals surface area contributed by atoms with Gasteiger partial charge in [-0.3, -0.25) is 0 Å². The van der Waals surface area contributed by atoms with Gasteiger partial charge in [0.2, 0.25) is 0 Å². The van der Waals surface area contributed by atoms with Crippen LogP contribution in [0.25, 0.3) is 28.1 Å². The summed E-state index contributed by atoms with van der Waals surface area (Å²) in [7, 11) is 1.65. The van der Waals surface area contributed by atoms with Crippen LogP contribution in [0.2, 0.25) is 0 Å². The first-order chi connectivity index (χ1) is 14.0. The van der Waals surface area contributed by atoms with E-state index < -0.39 is 6.10 Å². The van der Waals surface area contributed by atoms with E-state index in [9.17, 15) is 5.11 Å². The molecule has 4 rings (SSSR count). The van der Waals surface area contributed by atoms with Gasteiger partial charge in [-0.15, -0.1) is 0 Å². The van der Waals surface area contributed by atoms with Crippen LogP contribution in [0.5, 0.6) is 5.75 Å². The van der Waals surface area contributed by atoms with Crippen LogP contribution in [0.4, 0.5) is 0 Å². The summed E-state index contributed by atoms with van der Waals surface area (Å²) in [5, 5.41) is 14.3. The Kier molecular flexibility index (Phi) is 5.07. The zero-order valence-electron chi connectivity index (χ0n) is 17.1. The molecule has 0 saturated heterocycles. The van der Waals surface area contributed by atoms with Crippen molar-refractivity contribution >= 4 is 11.2 Å². The minimum absolute atomic E-state index is 0.401. The lowest BCUT2D eigenvalue weighted by Gasteiger charge is -2.13. The Morgan fingerprint density at radius 2 is 2.03 bits per heavy atom. The average Bonchev–Trinajstić information content (AvgIpc) is 3.36. The Morgan fingerprint density at radius 3 is 2.72 bits per heavy atom. The van der Waals surface area contributed by atoms with E-state index in [0.717, 1.165) is 39.4 Å². The second kappa shape index (κ2) is 7.67. The van der Waals surface area contributed by atoms with Crippen molar-refractivity contribution in [3.63, 3.8) is 0 Å². The van der Waals surface area contributed by atoms with Crippen LogP contribution in [0.3, 0.4) is 0 Å². The summed E-state index contributed by atoms with van der Waals surface area (Å²) in [6.45, 7) is 6.45. The number of aliphatic hydroxyl groups excluding tert-OH is 1. The third kappa shape index (κ3) is 3.49. The van der Waals surface area contributed by atoms with Crippen LogP contribution in [-0.4, -0.2) is 42.6 Å². The first-order valence-electron chi connectivity index (χ1n) is 9.72. The highest BCUT2D eigenvalue weighted by Gasteiger charge is 2.18. The maximum absolute atomic E-state index is 10.1. The highest BCUT2D eigenvalue weighted by molar-refractivity contribution is 5.81. The molecule has 0 fully saturated rings. The molecule has 1 aromatic carbocycles. The lowest BCUT2D eigenvalue weighted by Crippen LogP contribution is -2.14. The van der Waals surface area contributed by atoms with E-state index in [2.05, 4.69) is 5.10 Å². The molecule has 0 amide bonds. The van der Waals surface area contributed by atoms with Gasteiger partial charge in [-0.25, -0.2) is 14.6 Å². The minimum atomic E-state index is -0.401. The van der Waals surface area contributed by atoms with Crippen LogP contribution in [-0.2, 0) is 6.54 Å². The number of fused-ring (bicyclic) bond motifs is 1. The highest BCUT2D eigenvalue weighted by atomic mass is 16.5. The van der Waals surface area contributed by atoms with Gasteiger partial charge < -0.3 is 14.4 Å². The van der Waals surface area contributed by atoms with Gasteiger partial charge in [0, 0.05) is 30.2 Å². The molecule has 0 saturated carbocycles. The normalized spacial score (nSPS) is 12.4. The molecular formula is C22H25N5O2. The third-order valence-corrected chi connectivity index (χ3v) is 5.13. The Bertz CT molecular complexity index is 1150. The van der Waals surface area contributed by atoms with Crippen molar-refractivity contribution in [1.29, 1.82) is 0 Å². The van der Waals surface area contributed by atoms with Crippen molar-refractivity contribution in [3.8, 4) is 22.7 Å². The Morgan fingerprint density at radius 1 is 1.21 bits per heavy atom. The average molecular weight is 391 g/mol. The summed E-state index contributed by atoms with van der Waals surface area (Å²) in [5.74, 6) is 0.716. The molecule has 4 aromatic rings. The molecule has 1 atom stereocenters. The molecule has 0 radical (unpaired) electrons. The van der Waals surface area contributed by atoms with Gasteiger partial charge in [0.1, 0.15) is 11.3 Å². The lowest BCUT2D eigenvalue weighted by atomic mass is 10.1. The monoisotopic (exact) mass is 391 g/mol. The molecule has 7 heteroatoms. The van der Waals surface area contributed by atoms with Gasteiger partial charge in [-0.05, 0) is 44.0 Å².